The molecule has 1 aliphatic heterocycles. The van der Waals surface area contributed by atoms with Crippen LogP contribution in [0.15, 0.2) is 46.9 Å². The molecule has 13 heteroatoms. The first-order chi connectivity index (χ1) is 19.7. The van der Waals surface area contributed by atoms with Crippen LogP contribution in [0.5, 0.6) is 11.5 Å². The number of carbonyl (C=O) groups excluding carboxylic acids is 2. The molecule has 1 saturated carbocycles. The highest BCUT2D eigenvalue weighted by Gasteiger charge is 2.37. The lowest BCUT2D eigenvalue weighted by Gasteiger charge is -2.23. The average Bonchev–Trinajstić information content (AvgIpc) is 3.47. The van der Waals surface area contributed by atoms with Gasteiger partial charge in [0.25, 0.3) is 5.91 Å². The summed E-state index contributed by atoms with van der Waals surface area (Å²) < 4.78 is 41.9. The van der Waals surface area contributed by atoms with Crippen LogP contribution in [0.2, 0.25) is 0 Å². The van der Waals surface area contributed by atoms with E-state index in [2.05, 4.69) is 15.0 Å². The summed E-state index contributed by atoms with van der Waals surface area (Å²) in [7, 11) is 0. The maximum absolute atomic E-state index is 13.6. The number of rotatable bonds is 11. The van der Waals surface area contributed by atoms with Gasteiger partial charge in [-0.1, -0.05) is 0 Å². The first kappa shape index (κ1) is 28.0. The highest BCUT2D eigenvalue weighted by atomic mass is 19.3. The van der Waals surface area contributed by atoms with Crippen LogP contribution in [-0.2, 0) is 11.3 Å². The molecule has 1 aliphatic carbocycles. The third-order valence-electron chi connectivity index (χ3n) is 6.88. The topological polar surface area (TPSA) is 157 Å². The van der Waals surface area contributed by atoms with Gasteiger partial charge in [0.2, 0.25) is 11.8 Å². The van der Waals surface area contributed by atoms with Crippen LogP contribution in [0.25, 0.3) is 11.5 Å². The molecule has 1 unspecified atom stereocenters. The second-order valence-electron chi connectivity index (χ2n) is 9.82. The van der Waals surface area contributed by atoms with Gasteiger partial charge in [-0.25, -0.2) is 9.78 Å². The van der Waals surface area contributed by atoms with Crippen LogP contribution in [0.4, 0.5) is 14.5 Å². The molecule has 0 radical (unpaired) electrons. The molecule has 2 fully saturated rings. The molecule has 216 valence electrons. The number of halogens is 2. The minimum absolute atomic E-state index is 0.0346. The van der Waals surface area contributed by atoms with E-state index in [0.29, 0.717) is 43.2 Å². The Bertz CT molecular complexity index is 1440. The normalized spacial score (nSPS) is 16.6. The Kier molecular flexibility index (Phi) is 8.15. The molecule has 3 aromatic rings. The summed E-state index contributed by atoms with van der Waals surface area (Å²) in [6.45, 7) is -2.52. The van der Waals surface area contributed by atoms with Gasteiger partial charge in [-0.15, -0.1) is 0 Å². The highest BCUT2D eigenvalue weighted by molar-refractivity contribution is 6.01. The number of nitrogens with one attached hydrogen (secondary N) is 1. The largest absolute Gasteiger partial charge is 0.489 e. The van der Waals surface area contributed by atoms with Crippen LogP contribution in [0.1, 0.15) is 52.3 Å². The smallest absolute Gasteiger partial charge is 0.387 e. The Morgan fingerprint density at radius 2 is 1.88 bits per heavy atom. The number of nitrogens with two attached hydrogens (primary N) is 1. The summed E-state index contributed by atoms with van der Waals surface area (Å²) in [5.74, 6) is -1.58. The van der Waals surface area contributed by atoms with Crippen LogP contribution in [0.3, 0.4) is 0 Å². The SMILES string of the molecule is NCc1oc(-c2ccc(OC(F)F)c(OCC3CC3)c2)nc1C(=O)N1CCCC1C(=O)Nc1ccc(C(=O)O)cc1. The number of benzene rings is 2. The van der Waals surface area contributed by atoms with Gasteiger partial charge in [0.1, 0.15) is 6.04 Å². The van der Waals surface area contributed by atoms with Crippen LogP contribution < -0.4 is 20.5 Å². The predicted octanol–water partition coefficient (Wildman–Crippen LogP) is 4.13. The number of oxazole rings is 1. The number of amides is 2. The third-order valence-corrected chi connectivity index (χ3v) is 6.88. The maximum Gasteiger partial charge on any atom is 0.387 e. The van der Waals surface area contributed by atoms with Crippen molar-refractivity contribution in [3.8, 4) is 23.0 Å². The standard InChI is InChI=1S/C28H28F2N4O7/c29-28(30)41-20-10-7-17(12-21(20)39-14-15-3-4-15)25-33-23(22(13-31)40-25)26(36)34-11-1-2-19(34)24(35)32-18-8-5-16(6-9-18)27(37)38/h5-10,12,15,19,28H,1-4,11,13-14,31H2,(H,32,35)(H,37,38). The number of ether oxygens (including phenoxy) is 2. The predicted molar refractivity (Wildman–Crippen MR) is 141 cm³/mol. The van der Waals surface area contributed by atoms with Crippen LogP contribution in [-0.4, -0.2) is 58.6 Å². The van der Waals surface area contributed by atoms with Gasteiger partial charge >= 0.3 is 12.6 Å². The van der Waals surface area contributed by atoms with Crippen molar-refractivity contribution in [3.63, 3.8) is 0 Å². The first-order valence-electron chi connectivity index (χ1n) is 13.1. The zero-order valence-electron chi connectivity index (χ0n) is 21.8. The fraction of sp³-hybridized carbons (Fsp3) is 0.357. The second-order valence-corrected chi connectivity index (χ2v) is 9.82. The molecule has 0 spiro atoms. The summed E-state index contributed by atoms with van der Waals surface area (Å²) in [4.78, 5) is 43.4. The number of carbonyl (C=O) groups is 3. The van der Waals surface area contributed by atoms with E-state index in [9.17, 15) is 23.2 Å². The molecule has 4 N–H and O–H groups in total. The van der Waals surface area contributed by atoms with E-state index >= 15 is 0 Å². The van der Waals surface area contributed by atoms with Crippen LogP contribution in [0, 0.1) is 5.92 Å². The summed E-state index contributed by atoms with van der Waals surface area (Å²) in [6.07, 6.45) is 3.00. The number of aromatic nitrogens is 1. The van der Waals surface area contributed by atoms with Crippen molar-refractivity contribution in [2.45, 2.75) is 44.9 Å². The number of nitrogens with zero attached hydrogens (tertiary/aromatic N) is 2. The second kappa shape index (κ2) is 11.9. The molecule has 2 aromatic carbocycles. The summed E-state index contributed by atoms with van der Waals surface area (Å²) in [6, 6.07) is 9.13. The van der Waals surface area contributed by atoms with E-state index in [0.717, 1.165) is 12.8 Å². The van der Waals surface area contributed by atoms with Crippen molar-refractivity contribution in [2.75, 3.05) is 18.5 Å². The van der Waals surface area contributed by atoms with Gasteiger partial charge in [-0.05, 0) is 74.1 Å². The molecular weight excluding hydrogens is 542 g/mol. The number of alkyl halides is 2. The third kappa shape index (κ3) is 6.46. The summed E-state index contributed by atoms with van der Waals surface area (Å²) in [5.41, 5.74) is 6.64. The molecule has 41 heavy (non-hydrogen) atoms. The van der Waals surface area contributed by atoms with Gasteiger partial charge in [-0.3, -0.25) is 9.59 Å². The van der Waals surface area contributed by atoms with Crippen molar-refractivity contribution < 1.29 is 42.2 Å². The van der Waals surface area contributed by atoms with Crippen molar-refractivity contribution in [2.24, 2.45) is 11.7 Å². The van der Waals surface area contributed by atoms with Crippen molar-refractivity contribution >= 4 is 23.5 Å². The zero-order valence-corrected chi connectivity index (χ0v) is 21.8. The van der Waals surface area contributed by atoms with E-state index in [1.54, 1.807) is 0 Å². The number of hydrogen-bond acceptors (Lipinski definition) is 8. The van der Waals surface area contributed by atoms with E-state index in [4.69, 9.17) is 20.0 Å². The summed E-state index contributed by atoms with van der Waals surface area (Å²) >= 11 is 0. The molecule has 1 aromatic heterocycles. The van der Waals surface area contributed by atoms with E-state index < -0.39 is 30.4 Å². The average molecular weight is 571 g/mol. The van der Waals surface area contributed by atoms with Crippen molar-refractivity contribution in [3.05, 3.63) is 59.5 Å². The lowest BCUT2D eigenvalue weighted by Crippen LogP contribution is -2.43. The number of carboxylic acid groups (broad SMARTS) is 1. The first-order valence-corrected chi connectivity index (χ1v) is 13.1. The van der Waals surface area contributed by atoms with Crippen molar-refractivity contribution in [1.29, 1.82) is 0 Å². The monoisotopic (exact) mass is 570 g/mol. The molecule has 5 rings (SSSR count). The number of anilines is 1. The minimum atomic E-state index is -3.03. The van der Waals surface area contributed by atoms with Gasteiger partial charge in [-0.2, -0.15) is 8.78 Å². The Labute approximate surface area is 233 Å². The number of likely N-dealkylation sites (tertiary alicyclic amines) is 1. The Morgan fingerprint density at radius 3 is 2.54 bits per heavy atom. The van der Waals surface area contributed by atoms with E-state index in [-0.39, 0.29) is 41.0 Å². The molecule has 2 amide bonds. The Morgan fingerprint density at radius 1 is 1.12 bits per heavy atom. The molecular formula is C28H28F2N4O7. The maximum atomic E-state index is 13.6. The Hall–Kier alpha value is -4.52. The zero-order chi connectivity index (χ0) is 29.1. The molecule has 2 aliphatic rings. The lowest BCUT2D eigenvalue weighted by molar-refractivity contribution is -0.119. The quantitative estimate of drug-likeness (QED) is 0.308. The van der Waals surface area contributed by atoms with Crippen LogP contribution >= 0.6 is 0 Å². The highest BCUT2D eigenvalue weighted by Crippen LogP contribution is 2.37. The molecule has 1 atom stereocenters. The number of hydrogen-bond donors (Lipinski definition) is 3. The Balaban J connectivity index is 1.35. The lowest BCUT2D eigenvalue weighted by atomic mass is 10.1. The van der Waals surface area contributed by atoms with Gasteiger partial charge in [0.15, 0.2) is 23.0 Å². The van der Waals surface area contributed by atoms with Gasteiger partial charge < -0.3 is 34.9 Å². The fourth-order valence-electron chi connectivity index (χ4n) is 4.56. The van der Waals surface area contributed by atoms with Crippen molar-refractivity contribution in [1.82, 2.24) is 9.88 Å². The molecule has 1 saturated heterocycles. The number of carboxylic acids is 1. The molecule has 11 nitrogen and oxygen atoms in total. The summed E-state index contributed by atoms with van der Waals surface area (Å²) in [5, 5.41) is 11.8. The van der Waals surface area contributed by atoms with Gasteiger partial charge in [0.05, 0.1) is 18.7 Å². The minimum Gasteiger partial charge on any atom is -0.489 e. The van der Waals surface area contributed by atoms with Gasteiger partial charge in [0, 0.05) is 17.8 Å². The number of aromatic carboxylic acids is 1. The fourth-order valence-corrected chi connectivity index (χ4v) is 4.56. The van der Waals surface area contributed by atoms with E-state index in [1.165, 1.54) is 47.4 Å². The van der Waals surface area contributed by atoms with E-state index in [1.807, 2.05) is 0 Å². The molecule has 0 bridgehead atoms. The molecule has 2 heterocycles.